The molecule has 3 N–H and O–H groups in total. The lowest BCUT2D eigenvalue weighted by Gasteiger charge is -2.19. The first kappa shape index (κ1) is 21.8. The lowest BCUT2D eigenvalue weighted by atomic mass is 9.90. The van der Waals surface area contributed by atoms with E-state index in [-0.39, 0.29) is 24.7 Å². The Morgan fingerprint density at radius 2 is 2.04 bits per heavy atom. The zero-order valence-electron chi connectivity index (χ0n) is 15.2. The van der Waals surface area contributed by atoms with E-state index >= 15 is 0 Å². The number of rotatable bonds is 12. The highest BCUT2D eigenvalue weighted by molar-refractivity contribution is 5.66. The minimum atomic E-state index is -1.08. The second kappa shape index (κ2) is 12.2. The highest BCUT2D eigenvalue weighted by Gasteiger charge is 2.40. The zero-order valence-corrected chi connectivity index (χ0v) is 15.2. The van der Waals surface area contributed by atoms with Gasteiger partial charge in [0.2, 0.25) is 0 Å². The van der Waals surface area contributed by atoms with E-state index in [2.05, 4.69) is 6.92 Å². The lowest BCUT2D eigenvalue weighted by molar-refractivity contribution is -0.137. The molecule has 0 aliphatic heterocycles. The molecule has 0 aromatic heterocycles. The fourth-order valence-electron chi connectivity index (χ4n) is 3.36. The molecule has 5 heteroatoms. The summed E-state index contributed by atoms with van der Waals surface area (Å²) in [6.07, 6.45) is 10.8. The number of aliphatic hydroxyl groups is 2. The number of hydrogen-bond acceptors (Lipinski definition) is 3. The van der Waals surface area contributed by atoms with Gasteiger partial charge in [0.15, 0.2) is 0 Å². The SMILES string of the molecule is CCCCC[C@H](O)C=C[C@@H]1[C@@H](CC=CCCCC(=O)O)[C@@H](O)C[C@@H]1F. The van der Waals surface area contributed by atoms with Crippen molar-refractivity contribution < 1.29 is 24.5 Å². The van der Waals surface area contributed by atoms with Crippen LogP contribution in [0.2, 0.25) is 0 Å². The van der Waals surface area contributed by atoms with Crippen LogP contribution in [0.5, 0.6) is 0 Å². The molecule has 144 valence electrons. The summed E-state index contributed by atoms with van der Waals surface area (Å²) < 4.78 is 14.2. The summed E-state index contributed by atoms with van der Waals surface area (Å²) in [5.41, 5.74) is 0. The molecule has 5 atom stereocenters. The summed E-state index contributed by atoms with van der Waals surface area (Å²) >= 11 is 0. The average molecular weight is 356 g/mol. The third kappa shape index (κ3) is 8.63. The fourth-order valence-corrected chi connectivity index (χ4v) is 3.36. The second-order valence-corrected chi connectivity index (χ2v) is 7.00. The van der Waals surface area contributed by atoms with E-state index in [1.165, 1.54) is 0 Å². The Kier molecular flexibility index (Phi) is 10.7. The molecule has 1 aliphatic rings. The summed E-state index contributed by atoms with van der Waals surface area (Å²) in [5.74, 6) is -1.37. The highest BCUT2D eigenvalue weighted by atomic mass is 19.1. The Labute approximate surface area is 150 Å². The van der Waals surface area contributed by atoms with Crippen LogP contribution < -0.4 is 0 Å². The molecule has 0 aromatic rings. The maximum atomic E-state index is 14.2. The largest absolute Gasteiger partial charge is 0.481 e. The molecule has 0 bridgehead atoms. The van der Waals surface area contributed by atoms with E-state index in [0.29, 0.717) is 25.7 Å². The molecule has 1 saturated carbocycles. The van der Waals surface area contributed by atoms with E-state index in [1.54, 1.807) is 12.2 Å². The third-order valence-electron chi connectivity index (χ3n) is 4.87. The van der Waals surface area contributed by atoms with Crippen molar-refractivity contribution in [3.05, 3.63) is 24.3 Å². The van der Waals surface area contributed by atoms with Gasteiger partial charge in [0.05, 0.1) is 12.2 Å². The Morgan fingerprint density at radius 1 is 1.28 bits per heavy atom. The predicted molar refractivity (Wildman–Crippen MR) is 97.0 cm³/mol. The van der Waals surface area contributed by atoms with Gasteiger partial charge in [0.25, 0.3) is 0 Å². The van der Waals surface area contributed by atoms with Crippen LogP contribution in [0.1, 0.15) is 64.7 Å². The van der Waals surface area contributed by atoms with Gasteiger partial charge in [-0.05, 0) is 31.6 Å². The molecule has 0 radical (unpaired) electrons. The normalized spacial score (nSPS) is 28.2. The summed E-state index contributed by atoms with van der Waals surface area (Å²) in [6.45, 7) is 2.11. The summed E-state index contributed by atoms with van der Waals surface area (Å²) in [5, 5.41) is 28.6. The van der Waals surface area contributed by atoms with Crippen molar-refractivity contribution in [2.45, 2.75) is 83.1 Å². The molecule has 25 heavy (non-hydrogen) atoms. The van der Waals surface area contributed by atoms with Crippen LogP contribution in [0.25, 0.3) is 0 Å². The first-order valence-electron chi connectivity index (χ1n) is 9.51. The number of halogens is 1. The molecule has 0 unspecified atom stereocenters. The first-order chi connectivity index (χ1) is 12.0. The number of alkyl halides is 1. The van der Waals surface area contributed by atoms with Crippen molar-refractivity contribution in [3.63, 3.8) is 0 Å². The first-order valence-corrected chi connectivity index (χ1v) is 9.51. The van der Waals surface area contributed by atoms with Crippen molar-refractivity contribution in [3.8, 4) is 0 Å². The molecule has 1 fully saturated rings. The van der Waals surface area contributed by atoms with Gasteiger partial charge in [-0.15, -0.1) is 0 Å². The minimum absolute atomic E-state index is 0.137. The summed E-state index contributed by atoms with van der Waals surface area (Å²) in [6, 6.07) is 0. The zero-order chi connectivity index (χ0) is 18.7. The van der Waals surface area contributed by atoms with Gasteiger partial charge < -0.3 is 15.3 Å². The number of carbonyl (C=O) groups is 1. The quantitative estimate of drug-likeness (QED) is 0.364. The average Bonchev–Trinajstić information content (AvgIpc) is 2.82. The van der Waals surface area contributed by atoms with E-state index in [1.807, 2.05) is 12.2 Å². The molecule has 1 rings (SSSR count). The van der Waals surface area contributed by atoms with Crippen molar-refractivity contribution in [1.82, 2.24) is 0 Å². The standard InChI is InChI=1S/C20H33FO4/c1-2-3-6-9-15(22)12-13-16-17(19(23)14-18(16)21)10-7-4-5-8-11-20(24)25/h4,7,12-13,15-19,22-23H,2-3,5-6,8-11,14H2,1H3,(H,24,25)/t15-,16+,17+,18-,19-/m0/s1. The van der Waals surface area contributed by atoms with E-state index < -0.39 is 24.3 Å². The molecule has 4 nitrogen and oxygen atoms in total. The molecule has 0 saturated heterocycles. The van der Waals surface area contributed by atoms with Gasteiger partial charge in [0, 0.05) is 18.8 Å². The third-order valence-corrected chi connectivity index (χ3v) is 4.87. The number of unbranched alkanes of at least 4 members (excludes halogenated alkanes) is 3. The van der Waals surface area contributed by atoms with Crippen molar-refractivity contribution >= 4 is 5.97 Å². The predicted octanol–water partition coefficient (Wildman–Crippen LogP) is 4.02. The fraction of sp³-hybridized carbons (Fsp3) is 0.750. The second-order valence-electron chi connectivity index (χ2n) is 7.00. The van der Waals surface area contributed by atoms with Gasteiger partial charge in [-0.3, -0.25) is 4.79 Å². The van der Waals surface area contributed by atoms with Crippen LogP contribution in [0, 0.1) is 11.8 Å². The number of carboxylic acid groups (broad SMARTS) is 1. The maximum absolute atomic E-state index is 14.2. The van der Waals surface area contributed by atoms with Crippen molar-refractivity contribution in [2.24, 2.45) is 11.8 Å². The van der Waals surface area contributed by atoms with Crippen molar-refractivity contribution in [1.29, 1.82) is 0 Å². The summed E-state index contributed by atoms with van der Waals surface area (Å²) in [4.78, 5) is 10.4. The number of allylic oxidation sites excluding steroid dienone is 3. The summed E-state index contributed by atoms with van der Waals surface area (Å²) in [7, 11) is 0. The Hall–Kier alpha value is -1.20. The molecule has 0 spiro atoms. The van der Waals surface area contributed by atoms with Crippen molar-refractivity contribution in [2.75, 3.05) is 0 Å². The Balaban J connectivity index is 2.46. The molecule has 0 aromatic carbocycles. The molecular weight excluding hydrogens is 323 g/mol. The maximum Gasteiger partial charge on any atom is 0.303 e. The van der Waals surface area contributed by atoms with E-state index in [0.717, 1.165) is 19.3 Å². The molecule has 0 heterocycles. The van der Waals surface area contributed by atoms with Gasteiger partial charge >= 0.3 is 5.97 Å². The number of aliphatic carboxylic acids is 1. The minimum Gasteiger partial charge on any atom is -0.481 e. The van der Waals surface area contributed by atoms with Gasteiger partial charge in [0.1, 0.15) is 6.17 Å². The number of hydrogen-bond donors (Lipinski definition) is 3. The van der Waals surface area contributed by atoms with Gasteiger partial charge in [-0.25, -0.2) is 4.39 Å². The van der Waals surface area contributed by atoms with Crippen LogP contribution in [0.15, 0.2) is 24.3 Å². The van der Waals surface area contributed by atoms with E-state index in [4.69, 9.17) is 5.11 Å². The Morgan fingerprint density at radius 3 is 2.72 bits per heavy atom. The van der Waals surface area contributed by atoms with Crippen LogP contribution in [-0.4, -0.2) is 39.7 Å². The van der Waals surface area contributed by atoms with Crippen LogP contribution in [0.4, 0.5) is 4.39 Å². The van der Waals surface area contributed by atoms with Crippen LogP contribution in [0.3, 0.4) is 0 Å². The molecular formula is C20H33FO4. The van der Waals surface area contributed by atoms with Gasteiger partial charge in [-0.2, -0.15) is 0 Å². The van der Waals surface area contributed by atoms with Crippen LogP contribution in [-0.2, 0) is 4.79 Å². The van der Waals surface area contributed by atoms with Crippen LogP contribution >= 0.6 is 0 Å². The lowest BCUT2D eigenvalue weighted by Crippen LogP contribution is -2.19. The molecule has 0 amide bonds. The topological polar surface area (TPSA) is 77.8 Å². The van der Waals surface area contributed by atoms with Gasteiger partial charge in [-0.1, -0.05) is 50.5 Å². The number of aliphatic hydroxyl groups excluding tert-OH is 2. The monoisotopic (exact) mass is 356 g/mol. The smallest absolute Gasteiger partial charge is 0.303 e. The Bertz CT molecular complexity index is 435. The molecule has 1 aliphatic carbocycles. The van der Waals surface area contributed by atoms with E-state index in [9.17, 15) is 19.4 Å². The number of carboxylic acids is 1. The highest BCUT2D eigenvalue weighted by Crippen LogP contribution is 2.38.